The first-order valence-corrected chi connectivity index (χ1v) is 10.8. The highest BCUT2D eigenvalue weighted by atomic mass is 32.1. The standard InChI is InChI=1S/C23H25N3O3S/c1-28-18-9-7-17(8-10-18)15-22-24-19(16-30-22)23(27)26-13-11-25(12-14-26)20-5-3-4-6-21(20)29-2/h3-10,16H,11-15H2,1-2H3. The molecule has 7 heteroatoms. The molecule has 1 aliphatic heterocycles. The number of carbonyl (C=O) groups excluding carboxylic acids is 1. The van der Waals surface area contributed by atoms with Gasteiger partial charge in [0.2, 0.25) is 0 Å². The minimum atomic E-state index is 0.00640. The van der Waals surface area contributed by atoms with Crippen molar-refractivity contribution in [2.75, 3.05) is 45.3 Å². The second-order valence-electron chi connectivity index (χ2n) is 7.10. The SMILES string of the molecule is COc1ccc(Cc2nc(C(=O)N3CCN(c4ccccc4OC)CC3)cs2)cc1. The fourth-order valence-corrected chi connectivity index (χ4v) is 4.41. The number of hydrogen-bond donors (Lipinski definition) is 0. The third kappa shape index (κ3) is 4.41. The van der Waals surface area contributed by atoms with E-state index in [4.69, 9.17) is 9.47 Å². The Balaban J connectivity index is 1.36. The molecule has 2 heterocycles. The minimum absolute atomic E-state index is 0.00640. The molecule has 0 bridgehead atoms. The highest BCUT2D eigenvalue weighted by Gasteiger charge is 2.25. The van der Waals surface area contributed by atoms with Crippen molar-refractivity contribution in [1.29, 1.82) is 0 Å². The Bertz CT molecular complexity index is 995. The van der Waals surface area contributed by atoms with Gasteiger partial charge >= 0.3 is 0 Å². The Labute approximate surface area is 180 Å². The van der Waals surface area contributed by atoms with Crippen molar-refractivity contribution >= 4 is 22.9 Å². The third-order valence-corrected chi connectivity index (χ3v) is 6.13. The van der Waals surface area contributed by atoms with Crippen LogP contribution >= 0.6 is 11.3 Å². The van der Waals surface area contributed by atoms with Crippen LogP contribution in [0.3, 0.4) is 0 Å². The predicted octanol–water partition coefficient (Wildman–Crippen LogP) is 3.71. The first-order valence-electron chi connectivity index (χ1n) is 9.92. The highest BCUT2D eigenvalue weighted by Crippen LogP contribution is 2.28. The predicted molar refractivity (Wildman–Crippen MR) is 119 cm³/mol. The number of hydrogen-bond acceptors (Lipinski definition) is 6. The van der Waals surface area contributed by atoms with E-state index in [0.717, 1.165) is 40.8 Å². The minimum Gasteiger partial charge on any atom is -0.497 e. The summed E-state index contributed by atoms with van der Waals surface area (Å²) in [5, 5.41) is 2.81. The lowest BCUT2D eigenvalue weighted by Crippen LogP contribution is -2.49. The van der Waals surface area contributed by atoms with Gasteiger partial charge in [0.15, 0.2) is 0 Å². The van der Waals surface area contributed by atoms with Gasteiger partial charge in [-0.3, -0.25) is 4.79 Å². The molecule has 6 nitrogen and oxygen atoms in total. The lowest BCUT2D eigenvalue weighted by atomic mass is 10.1. The van der Waals surface area contributed by atoms with Crippen LogP contribution < -0.4 is 14.4 Å². The summed E-state index contributed by atoms with van der Waals surface area (Å²) in [6.45, 7) is 2.88. The van der Waals surface area contributed by atoms with Crippen LogP contribution in [0.5, 0.6) is 11.5 Å². The normalized spacial score (nSPS) is 13.9. The number of amides is 1. The largest absolute Gasteiger partial charge is 0.497 e. The van der Waals surface area contributed by atoms with Crippen LogP contribution in [0.1, 0.15) is 21.1 Å². The van der Waals surface area contributed by atoms with E-state index in [0.29, 0.717) is 25.2 Å². The summed E-state index contributed by atoms with van der Waals surface area (Å²) in [6, 6.07) is 15.9. The number of methoxy groups -OCH3 is 2. The number of benzene rings is 2. The van der Waals surface area contributed by atoms with Crippen LogP contribution in [0, 0.1) is 0 Å². The molecular weight excluding hydrogens is 398 g/mol. The molecule has 0 atom stereocenters. The van der Waals surface area contributed by atoms with Gasteiger partial charge in [0.25, 0.3) is 5.91 Å². The van der Waals surface area contributed by atoms with E-state index < -0.39 is 0 Å². The summed E-state index contributed by atoms with van der Waals surface area (Å²) in [6.07, 6.45) is 0.712. The summed E-state index contributed by atoms with van der Waals surface area (Å²) in [4.78, 5) is 21.7. The van der Waals surface area contributed by atoms with Crippen LogP contribution in [-0.2, 0) is 6.42 Å². The number of piperazine rings is 1. The molecule has 156 valence electrons. The maximum Gasteiger partial charge on any atom is 0.273 e. The van der Waals surface area contributed by atoms with Crippen LogP contribution in [0.4, 0.5) is 5.69 Å². The Hall–Kier alpha value is -3.06. The van der Waals surface area contributed by atoms with Gasteiger partial charge in [-0.05, 0) is 29.8 Å². The maximum atomic E-state index is 12.9. The van der Waals surface area contributed by atoms with Crippen molar-refractivity contribution in [3.05, 3.63) is 70.2 Å². The van der Waals surface area contributed by atoms with E-state index in [1.807, 2.05) is 52.7 Å². The number of thiazole rings is 1. The van der Waals surface area contributed by atoms with E-state index in [1.165, 1.54) is 11.3 Å². The van der Waals surface area contributed by atoms with E-state index in [1.54, 1.807) is 14.2 Å². The fraction of sp³-hybridized carbons (Fsp3) is 0.304. The topological polar surface area (TPSA) is 54.9 Å². The zero-order valence-electron chi connectivity index (χ0n) is 17.2. The van der Waals surface area contributed by atoms with Gasteiger partial charge < -0.3 is 19.3 Å². The number of rotatable bonds is 6. The average Bonchev–Trinajstić information content (AvgIpc) is 3.27. The van der Waals surface area contributed by atoms with Gasteiger partial charge in [0, 0.05) is 38.0 Å². The Kier molecular flexibility index (Phi) is 6.18. The quantitative estimate of drug-likeness (QED) is 0.605. The molecule has 0 spiro atoms. The van der Waals surface area contributed by atoms with Crippen molar-refractivity contribution in [2.24, 2.45) is 0 Å². The number of anilines is 1. The summed E-state index contributed by atoms with van der Waals surface area (Å²) in [5.74, 6) is 1.70. The molecule has 4 rings (SSSR count). The van der Waals surface area contributed by atoms with Gasteiger partial charge in [-0.1, -0.05) is 24.3 Å². The van der Waals surface area contributed by atoms with E-state index >= 15 is 0 Å². The molecule has 0 N–H and O–H groups in total. The number of ether oxygens (including phenoxy) is 2. The Morgan fingerprint density at radius 3 is 2.43 bits per heavy atom. The second-order valence-corrected chi connectivity index (χ2v) is 8.05. The fourth-order valence-electron chi connectivity index (χ4n) is 3.61. The maximum absolute atomic E-state index is 12.9. The van der Waals surface area contributed by atoms with Crippen molar-refractivity contribution in [3.8, 4) is 11.5 Å². The second kappa shape index (κ2) is 9.17. The van der Waals surface area contributed by atoms with Crippen LogP contribution in [0.25, 0.3) is 0 Å². The first kappa shape index (κ1) is 20.2. The highest BCUT2D eigenvalue weighted by molar-refractivity contribution is 7.09. The van der Waals surface area contributed by atoms with Gasteiger partial charge in [-0.25, -0.2) is 4.98 Å². The molecule has 0 radical (unpaired) electrons. The van der Waals surface area contributed by atoms with Crippen molar-refractivity contribution < 1.29 is 14.3 Å². The summed E-state index contributed by atoms with van der Waals surface area (Å²) in [7, 11) is 3.34. The third-order valence-electron chi connectivity index (χ3n) is 5.28. The Morgan fingerprint density at radius 2 is 1.73 bits per heavy atom. The molecule has 1 fully saturated rings. The number of carbonyl (C=O) groups is 1. The Morgan fingerprint density at radius 1 is 1.00 bits per heavy atom. The molecule has 0 saturated carbocycles. The zero-order chi connectivity index (χ0) is 20.9. The van der Waals surface area contributed by atoms with E-state index in [2.05, 4.69) is 16.0 Å². The zero-order valence-corrected chi connectivity index (χ0v) is 18.0. The van der Waals surface area contributed by atoms with E-state index in [-0.39, 0.29) is 5.91 Å². The number of nitrogens with zero attached hydrogens (tertiary/aromatic N) is 3. The first-order chi connectivity index (χ1) is 14.7. The molecule has 30 heavy (non-hydrogen) atoms. The van der Waals surface area contributed by atoms with Crippen LogP contribution in [0.2, 0.25) is 0 Å². The summed E-state index contributed by atoms with van der Waals surface area (Å²) < 4.78 is 10.7. The number of aromatic nitrogens is 1. The summed E-state index contributed by atoms with van der Waals surface area (Å²) in [5.41, 5.74) is 2.76. The smallest absolute Gasteiger partial charge is 0.273 e. The van der Waals surface area contributed by atoms with E-state index in [9.17, 15) is 4.79 Å². The van der Waals surface area contributed by atoms with Gasteiger partial charge in [-0.15, -0.1) is 11.3 Å². The molecule has 0 unspecified atom stereocenters. The van der Waals surface area contributed by atoms with Crippen LogP contribution in [0.15, 0.2) is 53.9 Å². The van der Waals surface area contributed by atoms with Crippen LogP contribution in [-0.4, -0.2) is 56.2 Å². The monoisotopic (exact) mass is 423 g/mol. The lowest BCUT2D eigenvalue weighted by Gasteiger charge is -2.36. The molecule has 2 aromatic carbocycles. The van der Waals surface area contributed by atoms with Gasteiger partial charge in [0.1, 0.15) is 17.2 Å². The van der Waals surface area contributed by atoms with Gasteiger partial charge in [0.05, 0.1) is 24.9 Å². The average molecular weight is 424 g/mol. The molecule has 1 amide bonds. The molecule has 3 aromatic rings. The van der Waals surface area contributed by atoms with Crippen molar-refractivity contribution in [3.63, 3.8) is 0 Å². The molecule has 1 aliphatic rings. The van der Waals surface area contributed by atoms with Gasteiger partial charge in [-0.2, -0.15) is 0 Å². The van der Waals surface area contributed by atoms with Crippen molar-refractivity contribution in [1.82, 2.24) is 9.88 Å². The molecular formula is C23H25N3O3S. The van der Waals surface area contributed by atoms with Crippen molar-refractivity contribution in [2.45, 2.75) is 6.42 Å². The molecule has 0 aliphatic carbocycles. The summed E-state index contributed by atoms with van der Waals surface area (Å²) >= 11 is 1.53. The lowest BCUT2D eigenvalue weighted by molar-refractivity contribution is 0.0741. The molecule has 1 aromatic heterocycles. The number of para-hydroxylation sites is 2. The molecule has 1 saturated heterocycles.